The van der Waals surface area contributed by atoms with E-state index in [2.05, 4.69) is 31.1 Å². The van der Waals surface area contributed by atoms with Gasteiger partial charge < -0.3 is 5.32 Å². The Morgan fingerprint density at radius 3 is 2.83 bits per heavy atom. The Morgan fingerprint density at radius 2 is 2.12 bits per heavy atom. The summed E-state index contributed by atoms with van der Waals surface area (Å²) in [6.45, 7) is 3.86. The smallest absolute Gasteiger partial charge is 0.321 e. The van der Waals surface area contributed by atoms with E-state index in [0.29, 0.717) is 11.0 Å². The van der Waals surface area contributed by atoms with Crippen molar-refractivity contribution >= 4 is 22.5 Å². The lowest BCUT2D eigenvalue weighted by Crippen LogP contribution is -2.32. The van der Waals surface area contributed by atoms with Gasteiger partial charge in [-0.25, -0.2) is 14.5 Å². The van der Waals surface area contributed by atoms with Gasteiger partial charge in [0.15, 0.2) is 11.0 Å². The lowest BCUT2D eigenvalue weighted by Gasteiger charge is -2.11. The molecule has 2 amide bonds. The predicted octanol–water partition coefficient (Wildman–Crippen LogP) is 2.52. The van der Waals surface area contributed by atoms with Gasteiger partial charge in [-0.3, -0.25) is 5.32 Å². The van der Waals surface area contributed by atoms with Crippen LogP contribution in [0.25, 0.3) is 10.4 Å². The predicted molar refractivity (Wildman–Crippen MR) is 91.7 cm³/mol. The maximum Gasteiger partial charge on any atom is 0.321 e. The van der Waals surface area contributed by atoms with Crippen LogP contribution in [-0.2, 0) is 7.05 Å². The van der Waals surface area contributed by atoms with E-state index in [1.807, 2.05) is 38.1 Å². The first kappa shape index (κ1) is 16.1. The number of rotatable bonds is 4. The highest BCUT2D eigenvalue weighted by Crippen LogP contribution is 2.30. The molecule has 9 heteroatoms. The third kappa shape index (κ3) is 3.40. The molecule has 0 spiro atoms. The summed E-state index contributed by atoms with van der Waals surface area (Å²) in [5.41, 5.74) is 2.28. The Balaban J connectivity index is 1.66. The molecule has 0 aliphatic heterocycles. The van der Waals surface area contributed by atoms with Gasteiger partial charge in [0.2, 0.25) is 0 Å². The quantitative estimate of drug-likeness (QED) is 0.758. The maximum atomic E-state index is 12.1. The van der Waals surface area contributed by atoms with E-state index in [1.165, 1.54) is 21.6 Å². The SMILES string of the molecule is Cc1ccccc1-c1cnc(NC(=O)NC(C)c2nnnn2C)s1. The number of thiazole rings is 1. The van der Waals surface area contributed by atoms with Crippen LogP contribution in [0.4, 0.5) is 9.93 Å². The van der Waals surface area contributed by atoms with Gasteiger partial charge in [0.25, 0.3) is 0 Å². The van der Waals surface area contributed by atoms with E-state index in [9.17, 15) is 4.79 Å². The van der Waals surface area contributed by atoms with Crippen molar-refractivity contribution in [2.24, 2.45) is 7.05 Å². The van der Waals surface area contributed by atoms with E-state index in [0.717, 1.165) is 10.4 Å². The van der Waals surface area contributed by atoms with Crippen molar-refractivity contribution in [1.29, 1.82) is 0 Å². The summed E-state index contributed by atoms with van der Waals surface area (Å²) in [5, 5.41) is 17.2. The van der Waals surface area contributed by atoms with Crippen molar-refractivity contribution in [3.8, 4) is 10.4 Å². The minimum Gasteiger partial charge on any atom is -0.328 e. The number of aromatic nitrogens is 5. The topological polar surface area (TPSA) is 97.6 Å². The molecule has 2 heterocycles. The fourth-order valence-corrected chi connectivity index (χ4v) is 3.21. The molecule has 2 N–H and O–H groups in total. The van der Waals surface area contributed by atoms with Crippen LogP contribution in [0.5, 0.6) is 0 Å². The number of tetrazole rings is 1. The van der Waals surface area contributed by atoms with Crippen LogP contribution >= 0.6 is 11.3 Å². The van der Waals surface area contributed by atoms with Crippen molar-refractivity contribution in [3.63, 3.8) is 0 Å². The summed E-state index contributed by atoms with van der Waals surface area (Å²) < 4.78 is 1.52. The van der Waals surface area contributed by atoms with Crippen LogP contribution in [0.1, 0.15) is 24.4 Å². The molecule has 3 aromatic rings. The number of hydrogen-bond acceptors (Lipinski definition) is 6. The Labute approximate surface area is 142 Å². The zero-order chi connectivity index (χ0) is 17.1. The second-order valence-corrected chi connectivity index (χ2v) is 6.36. The molecule has 2 aromatic heterocycles. The molecule has 1 unspecified atom stereocenters. The number of carbonyl (C=O) groups excluding carboxylic acids is 1. The molecule has 0 radical (unpaired) electrons. The number of amides is 2. The first-order valence-electron chi connectivity index (χ1n) is 7.36. The molecule has 124 valence electrons. The number of benzene rings is 1. The van der Waals surface area contributed by atoms with Gasteiger partial charge in [-0.2, -0.15) is 0 Å². The molecule has 0 aliphatic carbocycles. The van der Waals surface area contributed by atoms with E-state index < -0.39 is 0 Å². The molecule has 8 nitrogen and oxygen atoms in total. The van der Waals surface area contributed by atoms with Crippen molar-refractivity contribution in [3.05, 3.63) is 41.9 Å². The van der Waals surface area contributed by atoms with E-state index >= 15 is 0 Å². The summed E-state index contributed by atoms with van der Waals surface area (Å²) in [7, 11) is 1.72. The molecule has 0 bridgehead atoms. The number of hydrogen-bond donors (Lipinski definition) is 2. The summed E-state index contributed by atoms with van der Waals surface area (Å²) in [6.07, 6.45) is 1.76. The fraction of sp³-hybridized carbons (Fsp3) is 0.267. The largest absolute Gasteiger partial charge is 0.328 e. The molecule has 0 saturated carbocycles. The second kappa shape index (κ2) is 6.75. The van der Waals surface area contributed by atoms with Crippen LogP contribution in [0.2, 0.25) is 0 Å². The molecule has 0 fully saturated rings. The first-order chi connectivity index (χ1) is 11.5. The van der Waals surface area contributed by atoms with Crippen LogP contribution in [-0.4, -0.2) is 31.2 Å². The molecule has 1 atom stereocenters. The summed E-state index contributed by atoms with van der Waals surface area (Å²) in [6, 6.07) is 7.40. The van der Waals surface area contributed by atoms with E-state index in [-0.39, 0.29) is 12.1 Å². The average Bonchev–Trinajstić information content (AvgIpc) is 3.16. The molecule has 24 heavy (non-hydrogen) atoms. The lowest BCUT2D eigenvalue weighted by atomic mass is 10.1. The Bertz CT molecular complexity index is 857. The van der Waals surface area contributed by atoms with Crippen LogP contribution in [0.3, 0.4) is 0 Å². The zero-order valence-electron chi connectivity index (χ0n) is 13.5. The molecule has 3 rings (SSSR count). The minimum atomic E-state index is -0.351. The van der Waals surface area contributed by atoms with Crippen molar-refractivity contribution in [2.75, 3.05) is 5.32 Å². The highest BCUT2D eigenvalue weighted by molar-refractivity contribution is 7.19. The van der Waals surface area contributed by atoms with Gasteiger partial charge >= 0.3 is 6.03 Å². The normalized spacial score (nSPS) is 12.0. The Morgan fingerprint density at radius 1 is 1.33 bits per heavy atom. The van der Waals surface area contributed by atoms with Gasteiger partial charge in [-0.1, -0.05) is 35.6 Å². The summed E-state index contributed by atoms with van der Waals surface area (Å²) >= 11 is 1.43. The molecule has 1 aromatic carbocycles. The van der Waals surface area contributed by atoms with Crippen LogP contribution in [0, 0.1) is 6.92 Å². The van der Waals surface area contributed by atoms with E-state index in [4.69, 9.17) is 0 Å². The Hall–Kier alpha value is -2.81. The third-order valence-corrected chi connectivity index (χ3v) is 4.47. The summed E-state index contributed by atoms with van der Waals surface area (Å²) in [4.78, 5) is 17.4. The molecular weight excluding hydrogens is 326 g/mol. The Kier molecular flexibility index (Phi) is 4.52. The standard InChI is InChI=1S/C15H17N7OS/c1-9-6-4-5-7-11(9)12-8-16-15(24-12)18-14(23)17-10(2)13-19-20-21-22(13)3/h4-8,10H,1-3H3,(H2,16,17,18,23). The third-order valence-electron chi connectivity index (χ3n) is 3.52. The number of urea groups is 1. The first-order valence-corrected chi connectivity index (χ1v) is 8.18. The van der Waals surface area contributed by atoms with Gasteiger partial charge in [-0.05, 0) is 35.4 Å². The van der Waals surface area contributed by atoms with Gasteiger partial charge in [0.05, 0.1) is 10.9 Å². The second-order valence-electron chi connectivity index (χ2n) is 5.33. The van der Waals surface area contributed by atoms with Gasteiger partial charge in [0.1, 0.15) is 0 Å². The number of nitrogens with zero attached hydrogens (tertiary/aromatic N) is 5. The lowest BCUT2D eigenvalue weighted by molar-refractivity contribution is 0.248. The van der Waals surface area contributed by atoms with Crippen LogP contribution < -0.4 is 10.6 Å². The monoisotopic (exact) mass is 343 g/mol. The highest BCUT2D eigenvalue weighted by Gasteiger charge is 2.16. The average molecular weight is 343 g/mol. The number of anilines is 1. The van der Waals surface area contributed by atoms with Crippen molar-refractivity contribution < 1.29 is 4.79 Å². The van der Waals surface area contributed by atoms with Crippen LogP contribution in [0.15, 0.2) is 30.5 Å². The van der Waals surface area contributed by atoms with Crippen molar-refractivity contribution in [2.45, 2.75) is 19.9 Å². The van der Waals surface area contributed by atoms with Crippen molar-refractivity contribution in [1.82, 2.24) is 30.5 Å². The molecular formula is C15H17N7OS. The molecule has 0 aliphatic rings. The highest BCUT2D eigenvalue weighted by atomic mass is 32.1. The summed E-state index contributed by atoms with van der Waals surface area (Å²) in [5.74, 6) is 0.574. The number of nitrogens with one attached hydrogen (secondary N) is 2. The maximum absolute atomic E-state index is 12.1. The fourth-order valence-electron chi connectivity index (χ4n) is 2.30. The van der Waals surface area contributed by atoms with Gasteiger partial charge in [-0.15, -0.1) is 5.10 Å². The van der Waals surface area contributed by atoms with Gasteiger partial charge in [0, 0.05) is 13.2 Å². The minimum absolute atomic E-state index is 0.319. The van der Waals surface area contributed by atoms with E-state index in [1.54, 1.807) is 13.2 Å². The number of aryl methyl sites for hydroxylation is 2. The zero-order valence-corrected chi connectivity index (χ0v) is 14.3. The molecule has 0 saturated heterocycles. The number of carbonyl (C=O) groups is 1.